The van der Waals surface area contributed by atoms with Gasteiger partial charge < -0.3 is 15.7 Å². The lowest BCUT2D eigenvalue weighted by Gasteiger charge is -2.29. The standard InChI is InChI=1S/C14H26N2O3/c1-3-11(2)15-10-12(17)16-14(13(18)19)8-6-4-5-7-9-14/h11,15H,3-10H2,1-2H3,(H,16,17)(H,18,19). The number of carboxylic acid groups (broad SMARTS) is 1. The van der Waals surface area contributed by atoms with Crippen LogP contribution in [0.5, 0.6) is 0 Å². The van der Waals surface area contributed by atoms with Gasteiger partial charge in [0.25, 0.3) is 0 Å². The quantitative estimate of drug-likeness (QED) is 0.642. The van der Waals surface area contributed by atoms with Crippen LogP contribution in [0, 0.1) is 0 Å². The van der Waals surface area contributed by atoms with Crippen LogP contribution in [-0.2, 0) is 9.59 Å². The van der Waals surface area contributed by atoms with E-state index in [0.29, 0.717) is 12.8 Å². The molecule has 1 fully saturated rings. The maximum absolute atomic E-state index is 11.9. The van der Waals surface area contributed by atoms with Gasteiger partial charge in [0.1, 0.15) is 5.54 Å². The fourth-order valence-corrected chi connectivity index (χ4v) is 2.45. The van der Waals surface area contributed by atoms with Crippen molar-refractivity contribution in [3.8, 4) is 0 Å². The third-order valence-corrected chi connectivity index (χ3v) is 3.97. The van der Waals surface area contributed by atoms with Crippen LogP contribution < -0.4 is 10.6 Å². The molecule has 1 aliphatic rings. The molecule has 0 bridgehead atoms. The summed E-state index contributed by atoms with van der Waals surface area (Å²) in [6, 6.07) is 0.265. The second-order valence-corrected chi connectivity index (χ2v) is 5.54. The number of nitrogens with one attached hydrogen (secondary N) is 2. The molecular weight excluding hydrogens is 244 g/mol. The highest BCUT2D eigenvalue weighted by molar-refractivity contribution is 5.87. The third-order valence-electron chi connectivity index (χ3n) is 3.97. The molecule has 1 saturated carbocycles. The van der Waals surface area contributed by atoms with Crippen molar-refractivity contribution in [2.45, 2.75) is 70.4 Å². The minimum Gasteiger partial charge on any atom is -0.480 e. The Morgan fingerprint density at radius 1 is 1.21 bits per heavy atom. The fourth-order valence-electron chi connectivity index (χ4n) is 2.45. The zero-order chi connectivity index (χ0) is 14.3. The summed E-state index contributed by atoms with van der Waals surface area (Å²) in [7, 11) is 0. The van der Waals surface area contributed by atoms with Gasteiger partial charge in [-0.1, -0.05) is 32.6 Å². The lowest BCUT2D eigenvalue weighted by Crippen LogP contribution is -2.56. The summed E-state index contributed by atoms with van der Waals surface area (Å²) in [6.45, 7) is 4.23. The topological polar surface area (TPSA) is 78.4 Å². The zero-order valence-electron chi connectivity index (χ0n) is 12.0. The Morgan fingerprint density at radius 2 is 1.79 bits per heavy atom. The Balaban J connectivity index is 2.57. The molecule has 1 amide bonds. The molecule has 19 heavy (non-hydrogen) atoms. The van der Waals surface area contributed by atoms with Crippen LogP contribution in [0.25, 0.3) is 0 Å². The van der Waals surface area contributed by atoms with Gasteiger partial charge in [-0.25, -0.2) is 4.79 Å². The molecule has 5 heteroatoms. The van der Waals surface area contributed by atoms with Gasteiger partial charge in [-0.15, -0.1) is 0 Å². The number of carbonyl (C=O) groups excluding carboxylic acids is 1. The first-order valence-electron chi connectivity index (χ1n) is 7.28. The van der Waals surface area contributed by atoms with Crippen LogP contribution >= 0.6 is 0 Å². The first-order valence-corrected chi connectivity index (χ1v) is 7.28. The number of hydrogen-bond donors (Lipinski definition) is 3. The van der Waals surface area contributed by atoms with Crippen molar-refractivity contribution in [2.24, 2.45) is 0 Å². The maximum atomic E-state index is 11.9. The van der Waals surface area contributed by atoms with E-state index >= 15 is 0 Å². The van der Waals surface area contributed by atoms with Gasteiger partial charge in [0, 0.05) is 6.04 Å². The van der Waals surface area contributed by atoms with E-state index in [2.05, 4.69) is 10.6 Å². The van der Waals surface area contributed by atoms with Crippen LogP contribution in [0.2, 0.25) is 0 Å². The molecule has 3 N–H and O–H groups in total. The monoisotopic (exact) mass is 270 g/mol. The lowest BCUT2D eigenvalue weighted by atomic mass is 9.90. The molecular formula is C14H26N2O3. The number of hydrogen-bond acceptors (Lipinski definition) is 3. The molecule has 0 aliphatic heterocycles. The predicted molar refractivity (Wildman–Crippen MR) is 74.0 cm³/mol. The minimum absolute atomic E-state index is 0.185. The fraction of sp³-hybridized carbons (Fsp3) is 0.857. The van der Waals surface area contributed by atoms with Crippen molar-refractivity contribution in [1.82, 2.24) is 10.6 Å². The molecule has 1 aliphatic carbocycles. The molecule has 0 spiro atoms. The molecule has 0 aromatic carbocycles. The highest BCUT2D eigenvalue weighted by Crippen LogP contribution is 2.27. The van der Waals surface area contributed by atoms with E-state index in [9.17, 15) is 14.7 Å². The Labute approximate surface area is 115 Å². The van der Waals surface area contributed by atoms with E-state index in [1.807, 2.05) is 13.8 Å². The summed E-state index contributed by atoms with van der Waals surface area (Å²) in [5.41, 5.74) is -1.05. The van der Waals surface area contributed by atoms with Gasteiger partial charge in [0.15, 0.2) is 0 Å². The average Bonchev–Trinajstić information content (AvgIpc) is 2.62. The van der Waals surface area contributed by atoms with Crippen LogP contribution in [0.4, 0.5) is 0 Å². The smallest absolute Gasteiger partial charge is 0.329 e. The van der Waals surface area contributed by atoms with Gasteiger partial charge >= 0.3 is 5.97 Å². The average molecular weight is 270 g/mol. The van der Waals surface area contributed by atoms with Gasteiger partial charge in [-0.2, -0.15) is 0 Å². The van der Waals surface area contributed by atoms with E-state index in [1.165, 1.54) is 0 Å². The van der Waals surface area contributed by atoms with Crippen LogP contribution in [0.3, 0.4) is 0 Å². The Bertz CT molecular complexity index is 310. The molecule has 0 saturated heterocycles. The molecule has 0 radical (unpaired) electrons. The van der Waals surface area contributed by atoms with Crippen LogP contribution in [0.1, 0.15) is 58.8 Å². The summed E-state index contributed by atoms with van der Waals surface area (Å²) in [5, 5.41) is 15.3. The molecule has 110 valence electrons. The highest BCUT2D eigenvalue weighted by atomic mass is 16.4. The van der Waals surface area contributed by atoms with Crippen molar-refractivity contribution in [3.63, 3.8) is 0 Å². The Morgan fingerprint density at radius 3 is 2.26 bits per heavy atom. The number of carboxylic acids is 1. The SMILES string of the molecule is CCC(C)NCC(=O)NC1(C(=O)O)CCCCCC1. The Kier molecular flexibility index (Phi) is 6.28. The second kappa shape index (κ2) is 7.48. The summed E-state index contributed by atoms with van der Waals surface area (Å²) in [5.74, 6) is -1.11. The van der Waals surface area contributed by atoms with E-state index < -0.39 is 11.5 Å². The van der Waals surface area contributed by atoms with Crippen molar-refractivity contribution < 1.29 is 14.7 Å². The van der Waals surface area contributed by atoms with E-state index in [0.717, 1.165) is 32.1 Å². The molecule has 1 rings (SSSR count). The number of aliphatic carboxylic acids is 1. The maximum Gasteiger partial charge on any atom is 0.329 e. The van der Waals surface area contributed by atoms with E-state index in [1.54, 1.807) is 0 Å². The summed E-state index contributed by atoms with van der Waals surface area (Å²) in [6.07, 6.45) is 5.86. The number of carbonyl (C=O) groups is 2. The normalized spacial score (nSPS) is 20.3. The summed E-state index contributed by atoms with van der Waals surface area (Å²) in [4.78, 5) is 23.4. The summed E-state index contributed by atoms with van der Waals surface area (Å²) < 4.78 is 0. The molecule has 0 aromatic rings. The van der Waals surface area contributed by atoms with Crippen molar-refractivity contribution in [3.05, 3.63) is 0 Å². The predicted octanol–water partition coefficient (Wildman–Crippen LogP) is 1.67. The minimum atomic E-state index is -1.05. The van der Waals surface area contributed by atoms with E-state index in [4.69, 9.17) is 0 Å². The van der Waals surface area contributed by atoms with Crippen molar-refractivity contribution >= 4 is 11.9 Å². The van der Waals surface area contributed by atoms with Crippen LogP contribution in [-0.4, -0.2) is 35.1 Å². The first-order chi connectivity index (χ1) is 9.00. The number of amides is 1. The number of rotatable bonds is 6. The van der Waals surface area contributed by atoms with Gasteiger partial charge in [-0.3, -0.25) is 4.79 Å². The molecule has 1 atom stereocenters. The van der Waals surface area contributed by atoms with Gasteiger partial charge in [0.2, 0.25) is 5.91 Å². The lowest BCUT2D eigenvalue weighted by molar-refractivity contribution is -0.148. The van der Waals surface area contributed by atoms with Crippen molar-refractivity contribution in [1.29, 1.82) is 0 Å². The molecule has 1 unspecified atom stereocenters. The van der Waals surface area contributed by atoms with E-state index in [-0.39, 0.29) is 18.5 Å². The Hall–Kier alpha value is -1.10. The molecule has 5 nitrogen and oxygen atoms in total. The first kappa shape index (κ1) is 16.0. The van der Waals surface area contributed by atoms with Crippen molar-refractivity contribution in [2.75, 3.05) is 6.54 Å². The summed E-state index contributed by atoms with van der Waals surface area (Å²) >= 11 is 0. The highest BCUT2D eigenvalue weighted by Gasteiger charge is 2.39. The van der Waals surface area contributed by atoms with Crippen LogP contribution in [0.15, 0.2) is 0 Å². The third kappa shape index (κ3) is 4.82. The second-order valence-electron chi connectivity index (χ2n) is 5.54. The zero-order valence-corrected chi connectivity index (χ0v) is 12.0. The van der Waals surface area contributed by atoms with Gasteiger partial charge in [-0.05, 0) is 26.2 Å². The van der Waals surface area contributed by atoms with Gasteiger partial charge in [0.05, 0.1) is 6.54 Å². The largest absolute Gasteiger partial charge is 0.480 e. The molecule has 0 aromatic heterocycles. The molecule has 0 heterocycles.